The topological polar surface area (TPSA) is 40.5 Å². The number of halogens is 1. The standard InChI is InChI=1S/C13H18BrNO2S/c14-11-6-9-18-12(11)13(17)15(7-8-16)10-4-2-1-3-5-10/h6,9-10,16H,1-5,7-8H2. The zero-order valence-corrected chi connectivity index (χ0v) is 12.7. The summed E-state index contributed by atoms with van der Waals surface area (Å²) in [6.45, 7) is 0.471. The van der Waals surface area contributed by atoms with Crippen LogP contribution in [0, 0.1) is 0 Å². The molecule has 0 radical (unpaired) electrons. The van der Waals surface area contributed by atoms with Gasteiger partial charge in [0.2, 0.25) is 0 Å². The number of rotatable bonds is 4. The van der Waals surface area contributed by atoms with Crippen molar-refractivity contribution in [3.05, 3.63) is 20.8 Å². The first-order chi connectivity index (χ1) is 8.74. The van der Waals surface area contributed by atoms with Crippen molar-refractivity contribution in [2.75, 3.05) is 13.2 Å². The summed E-state index contributed by atoms with van der Waals surface area (Å²) in [6, 6.07) is 2.20. The van der Waals surface area contributed by atoms with Crippen molar-refractivity contribution in [1.82, 2.24) is 4.90 Å². The fourth-order valence-corrected chi connectivity index (χ4v) is 4.02. The highest BCUT2D eigenvalue weighted by molar-refractivity contribution is 9.10. The highest BCUT2D eigenvalue weighted by atomic mass is 79.9. The van der Waals surface area contributed by atoms with Crippen molar-refractivity contribution >= 4 is 33.2 Å². The number of hydrogen-bond donors (Lipinski definition) is 1. The van der Waals surface area contributed by atoms with Gasteiger partial charge in [0.25, 0.3) is 5.91 Å². The predicted molar refractivity (Wildman–Crippen MR) is 77.0 cm³/mol. The summed E-state index contributed by atoms with van der Waals surface area (Å²) in [5.74, 6) is 0.0535. The maximum Gasteiger partial charge on any atom is 0.265 e. The van der Waals surface area contributed by atoms with Gasteiger partial charge in [-0.05, 0) is 40.2 Å². The molecule has 1 aromatic rings. The quantitative estimate of drug-likeness (QED) is 0.919. The average Bonchev–Trinajstić information content (AvgIpc) is 2.82. The minimum atomic E-state index is 0.0330. The molecule has 100 valence electrons. The molecule has 0 saturated heterocycles. The van der Waals surface area contributed by atoms with Gasteiger partial charge in [-0.3, -0.25) is 4.79 Å². The number of thiophene rings is 1. The lowest BCUT2D eigenvalue weighted by molar-refractivity contribution is 0.0589. The molecule has 1 aromatic heterocycles. The summed E-state index contributed by atoms with van der Waals surface area (Å²) < 4.78 is 0.858. The number of nitrogens with zero attached hydrogens (tertiary/aromatic N) is 1. The van der Waals surface area contributed by atoms with Crippen LogP contribution in [0.2, 0.25) is 0 Å². The molecular formula is C13H18BrNO2S. The van der Waals surface area contributed by atoms with E-state index in [4.69, 9.17) is 0 Å². The van der Waals surface area contributed by atoms with E-state index in [2.05, 4.69) is 15.9 Å². The molecule has 1 saturated carbocycles. The van der Waals surface area contributed by atoms with Crippen molar-refractivity contribution in [2.45, 2.75) is 38.1 Å². The lowest BCUT2D eigenvalue weighted by Crippen LogP contribution is -2.42. The van der Waals surface area contributed by atoms with Crippen LogP contribution in [0.15, 0.2) is 15.9 Å². The number of carbonyl (C=O) groups is 1. The molecule has 2 rings (SSSR count). The normalized spacial score (nSPS) is 16.8. The van der Waals surface area contributed by atoms with E-state index < -0.39 is 0 Å². The van der Waals surface area contributed by atoms with Gasteiger partial charge in [-0.2, -0.15) is 0 Å². The first-order valence-corrected chi connectivity index (χ1v) is 8.06. The van der Waals surface area contributed by atoms with E-state index in [1.165, 1.54) is 30.6 Å². The van der Waals surface area contributed by atoms with Gasteiger partial charge < -0.3 is 10.0 Å². The maximum atomic E-state index is 12.5. The smallest absolute Gasteiger partial charge is 0.265 e. The molecule has 1 aliphatic carbocycles. The van der Waals surface area contributed by atoms with Crippen LogP contribution in [0.5, 0.6) is 0 Å². The fourth-order valence-electron chi connectivity index (χ4n) is 2.53. The Hall–Kier alpha value is -0.390. The molecule has 1 heterocycles. The lowest BCUT2D eigenvalue weighted by Gasteiger charge is -2.33. The summed E-state index contributed by atoms with van der Waals surface area (Å²) in [4.78, 5) is 15.1. The number of aliphatic hydroxyl groups is 1. The van der Waals surface area contributed by atoms with E-state index in [0.29, 0.717) is 12.6 Å². The summed E-state index contributed by atoms with van der Waals surface area (Å²) in [5.41, 5.74) is 0. The van der Waals surface area contributed by atoms with E-state index >= 15 is 0 Å². The van der Waals surface area contributed by atoms with Crippen LogP contribution in [0.25, 0.3) is 0 Å². The first-order valence-electron chi connectivity index (χ1n) is 6.39. The SMILES string of the molecule is O=C(c1sccc1Br)N(CCO)C1CCCCC1. The molecule has 0 aromatic carbocycles. The second-order valence-corrected chi connectivity index (χ2v) is 6.38. The van der Waals surface area contributed by atoms with Crippen LogP contribution in [-0.2, 0) is 0 Å². The predicted octanol–water partition coefficient (Wildman–Crippen LogP) is 3.28. The maximum absolute atomic E-state index is 12.5. The van der Waals surface area contributed by atoms with Crippen molar-refractivity contribution in [3.63, 3.8) is 0 Å². The molecule has 0 unspecified atom stereocenters. The zero-order chi connectivity index (χ0) is 13.0. The van der Waals surface area contributed by atoms with Crippen LogP contribution in [0.3, 0.4) is 0 Å². The van der Waals surface area contributed by atoms with Crippen LogP contribution in [0.1, 0.15) is 41.8 Å². The highest BCUT2D eigenvalue weighted by Gasteiger charge is 2.27. The Labute approximate surface area is 120 Å². The summed E-state index contributed by atoms with van der Waals surface area (Å²) >= 11 is 4.87. The molecule has 1 aliphatic rings. The van der Waals surface area contributed by atoms with Crippen molar-refractivity contribution in [3.8, 4) is 0 Å². The third-order valence-electron chi connectivity index (χ3n) is 3.43. The molecular weight excluding hydrogens is 314 g/mol. The highest BCUT2D eigenvalue weighted by Crippen LogP contribution is 2.28. The molecule has 18 heavy (non-hydrogen) atoms. The third kappa shape index (κ3) is 3.13. The molecule has 1 N–H and O–H groups in total. The third-order valence-corrected chi connectivity index (χ3v) is 5.25. The molecule has 0 spiro atoms. The number of aliphatic hydroxyl groups excluding tert-OH is 1. The van der Waals surface area contributed by atoms with Gasteiger partial charge in [-0.1, -0.05) is 19.3 Å². The van der Waals surface area contributed by atoms with Gasteiger partial charge in [0.05, 0.1) is 6.61 Å². The molecule has 5 heteroatoms. The summed E-state index contributed by atoms with van der Waals surface area (Å²) in [6.07, 6.45) is 5.76. The van der Waals surface area contributed by atoms with E-state index in [-0.39, 0.29) is 12.5 Å². The molecule has 3 nitrogen and oxygen atoms in total. The minimum Gasteiger partial charge on any atom is -0.395 e. The Kier molecular flexibility index (Phi) is 5.21. The molecule has 0 atom stereocenters. The molecule has 0 aliphatic heterocycles. The summed E-state index contributed by atoms with van der Waals surface area (Å²) in [7, 11) is 0. The van der Waals surface area contributed by atoms with E-state index in [1.807, 2.05) is 16.3 Å². The Bertz CT molecular complexity index is 401. The molecule has 1 fully saturated rings. The Morgan fingerprint density at radius 3 is 2.72 bits per heavy atom. The van der Waals surface area contributed by atoms with E-state index in [9.17, 15) is 9.90 Å². The second kappa shape index (κ2) is 6.68. The van der Waals surface area contributed by atoms with Crippen LogP contribution in [-0.4, -0.2) is 35.1 Å². The van der Waals surface area contributed by atoms with Crippen LogP contribution < -0.4 is 0 Å². The van der Waals surface area contributed by atoms with Crippen molar-refractivity contribution in [2.24, 2.45) is 0 Å². The van der Waals surface area contributed by atoms with Crippen LogP contribution >= 0.6 is 27.3 Å². The molecule has 1 amide bonds. The van der Waals surface area contributed by atoms with Crippen molar-refractivity contribution in [1.29, 1.82) is 0 Å². The average molecular weight is 332 g/mol. The first kappa shape index (κ1) is 14.0. The number of amides is 1. The monoisotopic (exact) mass is 331 g/mol. The van der Waals surface area contributed by atoms with E-state index in [1.54, 1.807) is 0 Å². The van der Waals surface area contributed by atoms with Gasteiger partial charge in [0.1, 0.15) is 4.88 Å². The minimum absolute atomic E-state index is 0.0330. The van der Waals surface area contributed by atoms with Gasteiger partial charge in [-0.25, -0.2) is 0 Å². The Morgan fingerprint density at radius 1 is 1.44 bits per heavy atom. The lowest BCUT2D eigenvalue weighted by atomic mass is 9.94. The van der Waals surface area contributed by atoms with Crippen molar-refractivity contribution < 1.29 is 9.90 Å². The van der Waals surface area contributed by atoms with Gasteiger partial charge >= 0.3 is 0 Å². The van der Waals surface area contributed by atoms with Gasteiger partial charge in [0.15, 0.2) is 0 Å². The summed E-state index contributed by atoms with van der Waals surface area (Å²) in [5, 5.41) is 11.1. The fraction of sp³-hybridized carbons (Fsp3) is 0.615. The zero-order valence-electron chi connectivity index (χ0n) is 10.3. The van der Waals surface area contributed by atoms with E-state index in [0.717, 1.165) is 22.2 Å². The molecule has 0 bridgehead atoms. The largest absolute Gasteiger partial charge is 0.395 e. The van der Waals surface area contributed by atoms with Crippen LogP contribution in [0.4, 0.5) is 0 Å². The second-order valence-electron chi connectivity index (χ2n) is 4.61. The number of hydrogen-bond acceptors (Lipinski definition) is 3. The van der Waals surface area contributed by atoms with Gasteiger partial charge in [0, 0.05) is 17.1 Å². The number of carbonyl (C=O) groups excluding carboxylic acids is 1. The Balaban J connectivity index is 2.13. The Morgan fingerprint density at radius 2 is 2.17 bits per heavy atom. The van der Waals surface area contributed by atoms with Gasteiger partial charge in [-0.15, -0.1) is 11.3 Å².